The summed E-state index contributed by atoms with van der Waals surface area (Å²) in [6.45, 7) is 1.46. The van der Waals surface area contributed by atoms with E-state index in [0.29, 0.717) is 0 Å². The van der Waals surface area contributed by atoms with E-state index < -0.39 is 48.0 Å². The van der Waals surface area contributed by atoms with Gasteiger partial charge in [0.2, 0.25) is 6.29 Å². The molecule has 1 saturated heterocycles. The molecule has 128 valence electrons. The van der Waals surface area contributed by atoms with E-state index in [2.05, 4.69) is 0 Å². The number of phenolic OH excluding ortho intramolecular Hbond substituents is 1. The number of aliphatic hydroxyl groups is 3. The Bertz CT molecular complexity index is 588. The number of aromatic carboxylic acids is 1. The Labute approximate surface area is 131 Å². The van der Waals surface area contributed by atoms with E-state index in [1.54, 1.807) is 0 Å². The molecule has 0 spiro atoms. The first-order valence-corrected chi connectivity index (χ1v) is 6.77. The number of rotatable bonds is 4. The van der Waals surface area contributed by atoms with Crippen molar-refractivity contribution in [3.05, 3.63) is 17.7 Å². The van der Waals surface area contributed by atoms with Crippen molar-refractivity contribution in [3.8, 4) is 17.2 Å². The molecule has 1 aliphatic rings. The standard InChI is InChI=1S/C14H18O9/c1-5-9(16)10(17)11(18)14(22-5)23-7-4-3-6(15)12(21-2)8(7)13(19)20/h3-5,9-11,14-18H,1-2H3,(H,19,20)/t5-,9-,10+,11+,14-/m0/s1. The number of hydrogen-bond donors (Lipinski definition) is 5. The van der Waals surface area contributed by atoms with Crippen LogP contribution in [0.5, 0.6) is 17.2 Å². The van der Waals surface area contributed by atoms with Crippen LogP contribution < -0.4 is 9.47 Å². The van der Waals surface area contributed by atoms with Crippen molar-refractivity contribution in [1.29, 1.82) is 0 Å². The zero-order valence-electron chi connectivity index (χ0n) is 12.4. The van der Waals surface area contributed by atoms with Crippen molar-refractivity contribution in [1.82, 2.24) is 0 Å². The fraction of sp³-hybridized carbons (Fsp3) is 0.500. The summed E-state index contributed by atoms with van der Waals surface area (Å²) in [6, 6.07) is 2.32. The molecule has 1 aliphatic heterocycles. The number of hydrogen-bond acceptors (Lipinski definition) is 8. The van der Waals surface area contributed by atoms with E-state index in [0.717, 1.165) is 6.07 Å². The second-order valence-corrected chi connectivity index (χ2v) is 5.10. The molecule has 2 rings (SSSR count). The van der Waals surface area contributed by atoms with Crippen molar-refractivity contribution in [3.63, 3.8) is 0 Å². The second kappa shape index (κ2) is 6.59. The van der Waals surface area contributed by atoms with Gasteiger partial charge in [-0.2, -0.15) is 0 Å². The molecule has 1 fully saturated rings. The van der Waals surface area contributed by atoms with Gasteiger partial charge in [-0.05, 0) is 19.1 Å². The van der Waals surface area contributed by atoms with Crippen molar-refractivity contribution >= 4 is 5.97 Å². The fourth-order valence-corrected chi connectivity index (χ4v) is 2.30. The van der Waals surface area contributed by atoms with Crippen LogP contribution in [0.4, 0.5) is 0 Å². The molecular formula is C14H18O9. The number of benzene rings is 1. The molecule has 0 unspecified atom stereocenters. The zero-order valence-corrected chi connectivity index (χ0v) is 12.4. The maximum atomic E-state index is 11.4. The molecule has 1 heterocycles. The lowest BCUT2D eigenvalue weighted by molar-refractivity contribution is -0.268. The van der Waals surface area contributed by atoms with Crippen molar-refractivity contribution < 1.29 is 44.5 Å². The summed E-state index contributed by atoms with van der Waals surface area (Å²) in [5.41, 5.74) is -0.462. The average Bonchev–Trinajstić information content (AvgIpc) is 2.51. The van der Waals surface area contributed by atoms with Gasteiger partial charge < -0.3 is 39.7 Å². The van der Waals surface area contributed by atoms with Gasteiger partial charge in [-0.25, -0.2) is 4.79 Å². The lowest BCUT2D eigenvalue weighted by Gasteiger charge is -2.39. The van der Waals surface area contributed by atoms with Gasteiger partial charge >= 0.3 is 5.97 Å². The lowest BCUT2D eigenvalue weighted by Crippen LogP contribution is -2.58. The van der Waals surface area contributed by atoms with Gasteiger partial charge in [0, 0.05) is 0 Å². The van der Waals surface area contributed by atoms with Crippen molar-refractivity contribution in [2.75, 3.05) is 7.11 Å². The molecular weight excluding hydrogens is 312 g/mol. The van der Waals surface area contributed by atoms with Crippen LogP contribution in [0.3, 0.4) is 0 Å². The maximum absolute atomic E-state index is 11.4. The van der Waals surface area contributed by atoms with Gasteiger partial charge in [0.15, 0.2) is 11.5 Å². The van der Waals surface area contributed by atoms with Crippen LogP contribution in [-0.2, 0) is 4.74 Å². The third-order valence-electron chi connectivity index (χ3n) is 3.57. The van der Waals surface area contributed by atoms with Gasteiger partial charge in [0.1, 0.15) is 29.6 Å². The molecule has 0 aliphatic carbocycles. The summed E-state index contributed by atoms with van der Waals surface area (Å²) >= 11 is 0. The average molecular weight is 330 g/mol. The smallest absolute Gasteiger partial charge is 0.343 e. The summed E-state index contributed by atoms with van der Waals surface area (Å²) in [4.78, 5) is 11.4. The summed E-state index contributed by atoms with van der Waals surface area (Å²) in [5.74, 6) is -2.36. The molecule has 0 saturated carbocycles. The minimum atomic E-state index is -1.59. The Morgan fingerprint density at radius 2 is 1.83 bits per heavy atom. The number of carbonyl (C=O) groups is 1. The first-order valence-electron chi connectivity index (χ1n) is 6.77. The van der Waals surface area contributed by atoms with E-state index in [1.807, 2.05) is 0 Å². The minimum Gasteiger partial charge on any atom is -0.504 e. The van der Waals surface area contributed by atoms with E-state index in [4.69, 9.17) is 14.2 Å². The number of aromatic hydroxyl groups is 1. The Balaban J connectivity index is 2.35. The number of ether oxygens (including phenoxy) is 3. The van der Waals surface area contributed by atoms with Crippen LogP contribution in [0.15, 0.2) is 12.1 Å². The van der Waals surface area contributed by atoms with E-state index in [-0.39, 0.29) is 11.5 Å². The van der Waals surface area contributed by atoms with Gasteiger partial charge in [-0.3, -0.25) is 0 Å². The number of carboxylic acids is 1. The van der Waals surface area contributed by atoms with Crippen LogP contribution in [0, 0.1) is 0 Å². The summed E-state index contributed by atoms with van der Waals surface area (Å²) in [5, 5.41) is 48.2. The highest BCUT2D eigenvalue weighted by atomic mass is 16.7. The largest absolute Gasteiger partial charge is 0.504 e. The molecule has 9 heteroatoms. The van der Waals surface area contributed by atoms with Gasteiger partial charge in [0.25, 0.3) is 0 Å². The highest BCUT2D eigenvalue weighted by Crippen LogP contribution is 2.38. The monoisotopic (exact) mass is 330 g/mol. The minimum absolute atomic E-state index is 0.230. The van der Waals surface area contributed by atoms with Crippen LogP contribution in [0.2, 0.25) is 0 Å². The predicted octanol–water partition coefficient (Wildman–Crippen LogP) is -0.695. The quantitative estimate of drug-likeness (QED) is 0.484. The van der Waals surface area contributed by atoms with E-state index in [9.17, 15) is 30.3 Å². The Morgan fingerprint density at radius 3 is 2.39 bits per heavy atom. The molecule has 23 heavy (non-hydrogen) atoms. The molecule has 9 nitrogen and oxygen atoms in total. The zero-order chi connectivity index (χ0) is 17.3. The molecule has 0 aromatic heterocycles. The molecule has 1 aromatic carbocycles. The molecule has 0 radical (unpaired) electrons. The molecule has 5 atom stereocenters. The Kier molecular flexibility index (Phi) is 4.95. The highest BCUT2D eigenvalue weighted by Gasteiger charge is 2.43. The number of aliphatic hydroxyl groups excluding tert-OH is 3. The molecule has 0 bridgehead atoms. The van der Waals surface area contributed by atoms with Crippen LogP contribution in [-0.4, -0.2) is 69.3 Å². The second-order valence-electron chi connectivity index (χ2n) is 5.10. The van der Waals surface area contributed by atoms with Crippen molar-refractivity contribution in [2.24, 2.45) is 0 Å². The first kappa shape index (κ1) is 17.3. The predicted molar refractivity (Wildman–Crippen MR) is 74.6 cm³/mol. The summed E-state index contributed by atoms with van der Waals surface area (Å²) < 4.78 is 15.4. The van der Waals surface area contributed by atoms with Gasteiger partial charge in [-0.15, -0.1) is 0 Å². The SMILES string of the molecule is COc1c(O)ccc(O[C@@H]2O[C@@H](C)[C@H](O)[C@@H](O)[C@H]2O)c1C(=O)O. The van der Waals surface area contributed by atoms with Crippen molar-refractivity contribution in [2.45, 2.75) is 37.6 Å². The number of methoxy groups -OCH3 is 1. The number of phenols is 1. The van der Waals surface area contributed by atoms with E-state index >= 15 is 0 Å². The normalized spacial score (nSPS) is 30.7. The van der Waals surface area contributed by atoms with Crippen LogP contribution >= 0.6 is 0 Å². The molecule has 5 N–H and O–H groups in total. The Morgan fingerprint density at radius 1 is 1.17 bits per heavy atom. The van der Waals surface area contributed by atoms with Crippen LogP contribution in [0.1, 0.15) is 17.3 Å². The Hall–Kier alpha value is -2.07. The van der Waals surface area contributed by atoms with Gasteiger partial charge in [-0.1, -0.05) is 0 Å². The molecule has 1 aromatic rings. The van der Waals surface area contributed by atoms with Gasteiger partial charge in [0.05, 0.1) is 13.2 Å². The lowest BCUT2D eigenvalue weighted by atomic mass is 10.00. The van der Waals surface area contributed by atoms with E-state index in [1.165, 1.54) is 20.1 Å². The third kappa shape index (κ3) is 3.17. The fourth-order valence-electron chi connectivity index (χ4n) is 2.30. The summed E-state index contributed by atoms with van der Waals surface area (Å²) in [7, 11) is 1.18. The number of carboxylic acid groups (broad SMARTS) is 1. The summed E-state index contributed by atoms with van der Waals surface area (Å²) in [6.07, 6.45) is -6.67. The van der Waals surface area contributed by atoms with Crippen LogP contribution in [0.25, 0.3) is 0 Å². The highest BCUT2D eigenvalue weighted by molar-refractivity contribution is 5.95. The molecule has 0 amide bonds. The maximum Gasteiger partial charge on any atom is 0.343 e. The first-order chi connectivity index (χ1) is 10.8. The topological polar surface area (TPSA) is 146 Å². The third-order valence-corrected chi connectivity index (χ3v) is 3.57.